The maximum atomic E-state index is 9.50. The number of hydrogen-bond acceptors (Lipinski definition) is 2. The standard InChI is InChI=1S/C17H18N2/c1-4-10-17(12-18,13-19)16(11-14(2)3)15-8-6-5-7-9-15/h4-9,11,16H,1,10H2,2-3H3. The molecule has 0 N–H and O–H groups in total. The average Bonchev–Trinajstić information content (AvgIpc) is 2.43. The topological polar surface area (TPSA) is 47.6 Å². The van der Waals surface area contributed by atoms with Crippen LogP contribution in [0.1, 0.15) is 31.7 Å². The largest absolute Gasteiger partial charge is 0.197 e. The van der Waals surface area contributed by atoms with E-state index in [4.69, 9.17) is 0 Å². The fourth-order valence-corrected chi connectivity index (χ4v) is 2.13. The summed E-state index contributed by atoms with van der Waals surface area (Å²) in [6, 6.07) is 14.1. The molecule has 0 aliphatic heterocycles. The molecule has 2 heteroatoms. The second kappa shape index (κ2) is 6.57. The van der Waals surface area contributed by atoms with Crippen molar-refractivity contribution < 1.29 is 0 Å². The Labute approximate surface area is 115 Å². The second-order valence-corrected chi connectivity index (χ2v) is 4.82. The summed E-state index contributed by atoms with van der Waals surface area (Å²) in [5.41, 5.74) is 0.974. The molecule has 1 atom stereocenters. The van der Waals surface area contributed by atoms with Gasteiger partial charge in [0.2, 0.25) is 0 Å². The van der Waals surface area contributed by atoms with Gasteiger partial charge < -0.3 is 0 Å². The number of rotatable bonds is 5. The molecule has 0 saturated heterocycles. The van der Waals surface area contributed by atoms with Gasteiger partial charge in [0.05, 0.1) is 12.1 Å². The fourth-order valence-electron chi connectivity index (χ4n) is 2.13. The van der Waals surface area contributed by atoms with Crippen LogP contribution < -0.4 is 0 Å². The van der Waals surface area contributed by atoms with Crippen LogP contribution in [0.4, 0.5) is 0 Å². The lowest BCUT2D eigenvalue weighted by atomic mass is 9.71. The van der Waals surface area contributed by atoms with E-state index in [-0.39, 0.29) is 5.92 Å². The van der Waals surface area contributed by atoms with E-state index in [1.165, 1.54) is 0 Å². The molecule has 0 heterocycles. The summed E-state index contributed by atoms with van der Waals surface area (Å²) >= 11 is 0. The highest BCUT2D eigenvalue weighted by Gasteiger charge is 2.38. The van der Waals surface area contributed by atoms with Crippen LogP contribution in [0.15, 0.2) is 54.6 Å². The summed E-state index contributed by atoms with van der Waals surface area (Å²) in [6.45, 7) is 7.62. The first kappa shape index (κ1) is 14.7. The average molecular weight is 250 g/mol. The molecule has 0 bridgehead atoms. The summed E-state index contributed by atoms with van der Waals surface area (Å²) in [7, 11) is 0. The highest BCUT2D eigenvalue weighted by molar-refractivity contribution is 5.36. The maximum Gasteiger partial charge on any atom is 0.157 e. The molecule has 19 heavy (non-hydrogen) atoms. The number of benzene rings is 1. The van der Waals surface area contributed by atoms with E-state index in [9.17, 15) is 10.5 Å². The van der Waals surface area contributed by atoms with Gasteiger partial charge in [0.15, 0.2) is 5.41 Å². The molecular weight excluding hydrogens is 232 g/mol. The van der Waals surface area contributed by atoms with Crippen LogP contribution in [-0.2, 0) is 0 Å². The maximum absolute atomic E-state index is 9.50. The molecule has 0 aromatic heterocycles. The zero-order valence-electron chi connectivity index (χ0n) is 11.4. The molecule has 0 radical (unpaired) electrons. The Morgan fingerprint density at radius 1 is 1.26 bits per heavy atom. The minimum Gasteiger partial charge on any atom is -0.197 e. The Kier molecular flexibility index (Phi) is 5.10. The van der Waals surface area contributed by atoms with Crippen molar-refractivity contribution in [3.8, 4) is 12.1 Å². The van der Waals surface area contributed by atoms with Gasteiger partial charge >= 0.3 is 0 Å². The highest BCUT2D eigenvalue weighted by Crippen LogP contribution is 2.40. The summed E-state index contributed by atoms with van der Waals surface area (Å²) in [4.78, 5) is 0. The van der Waals surface area contributed by atoms with Gasteiger partial charge in [-0.25, -0.2) is 0 Å². The van der Waals surface area contributed by atoms with Crippen LogP contribution in [0.5, 0.6) is 0 Å². The normalized spacial score (nSPS) is 11.8. The van der Waals surface area contributed by atoms with Crippen molar-refractivity contribution in [3.63, 3.8) is 0 Å². The number of allylic oxidation sites excluding steroid dienone is 3. The van der Waals surface area contributed by atoms with Gasteiger partial charge in [0.1, 0.15) is 0 Å². The van der Waals surface area contributed by atoms with E-state index >= 15 is 0 Å². The summed E-state index contributed by atoms with van der Waals surface area (Å²) in [5, 5.41) is 19.0. The highest BCUT2D eigenvalue weighted by atomic mass is 14.4. The zero-order valence-corrected chi connectivity index (χ0v) is 11.4. The van der Waals surface area contributed by atoms with E-state index in [1.807, 2.05) is 50.3 Å². The first-order chi connectivity index (χ1) is 9.09. The lowest BCUT2D eigenvalue weighted by Gasteiger charge is -2.26. The number of nitriles is 2. The lowest BCUT2D eigenvalue weighted by Crippen LogP contribution is -2.24. The quantitative estimate of drug-likeness (QED) is 0.729. The van der Waals surface area contributed by atoms with Crippen molar-refractivity contribution in [1.82, 2.24) is 0 Å². The first-order valence-electron chi connectivity index (χ1n) is 6.23. The van der Waals surface area contributed by atoms with Gasteiger partial charge in [-0.3, -0.25) is 0 Å². The number of hydrogen-bond donors (Lipinski definition) is 0. The third kappa shape index (κ3) is 3.33. The van der Waals surface area contributed by atoms with Crippen molar-refractivity contribution in [2.24, 2.45) is 5.41 Å². The SMILES string of the molecule is C=CCC(C#N)(C#N)C(C=C(C)C)c1ccccc1. The molecule has 2 nitrogen and oxygen atoms in total. The molecule has 0 saturated carbocycles. The fraction of sp³-hybridized carbons (Fsp3) is 0.294. The van der Waals surface area contributed by atoms with Crippen molar-refractivity contribution in [2.75, 3.05) is 0 Å². The molecule has 1 aromatic rings. The zero-order chi connectivity index (χ0) is 14.3. The van der Waals surface area contributed by atoms with Gasteiger partial charge in [-0.15, -0.1) is 6.58 Å². The van der Waals surface area contributed by atoms with Crippen molar-refractivity contribution in [3.05, 3.63) is 60.2 Å². The molecule has 1 rings (SSSR count). The van der Waals surface area contributed by atoms with E-state index in [1.54, 1.807) is 6.08 Å². The molecular formula is C17H18N2. The molecule has 0 spiro atoms. The van der Waals surface area contributed by atoms with Gasteiger partial charge in [0, 0.05) is 5.92 Å². The Morgan fingerprint density at radius 2 is 1.84 bits per heavy atom. The predicted molar refractivity (Wildman–Crippen MR) is 77.1 cm³/mol. The van der Waals surface area contributed by atoms with Crippen LogP contribution in [0.3, 0.4) is 0 Å². The third-order valence-corrected chi connectivity index (χ3v) is 3.05. The summed E-state index contributed by atoms with van der Waals surface area (Å²) < 4.78 is 0. The Morgan fingerprint density at radius 3 is 2.26 bits per heavy atom. The van der Waals surface area contributed by atoms with Gasteiger partial charge in [-0.2, -0.15) is 10.5 Å². The molecule has 1 aromatic carbocycles. The van der Waals surface area contributed by atoms with Crippen molar-refractivity contribution >= 4 is 0 Å². The van der Waals surface area contributed by atoms with E-state index in [0.29, 0.717) is 6.42 Å². The summed E-state index contributed by atoms with van der Waals surface area (Å²) in [6.07, 6.45) is 3.98. The summed E-state index contributed by atoms with van der Waals surface area (Å²) in [5.74, 6) is -0.244. The van der Waals surface area contributed by atoms with Crippen LogP contribution >= 0.6 is 0 Å². The third-order valence-electron chi connectivity index (χ3n) is 3.05. The minimum atomic E-state index is -1.10. The molecule has 0 aliphatic rings. The van der Waals surface area contributed by atoms with Crippen LogP contribution in [0.25, 0.3) is 0 Å². The Bertz CT molecular complexity index is 523. The van der Waals surface area contributed by atoms with Crippen molar-refractivity contribution in [1.29, 1.82) is 10.5 Å². The Hall–Kier alpha value is -2.32. The van der Waals surface area contributed by atoms with Gasteiger partial charge in [0.25, 0.3) is 0 Å². The van der Waals surface area contributed by atoms with E-state index < -0.39 is 5.41 Å². The smallest absolute Gasteiger partial charge is 0.157 e. The first-order valence-corrected chi connectivity index (χ1v) is 6.23. The van der Waals surface area contributed by atoms with Crippen LogP contribution in [0.2, 0.25) is 0 Å². The van der Waals surface area contributed by atoms with Crippen LogP contribution in [0, 0.1) is 28.1 Å². The molecule has 1 unspecified atom stereocenters. The van der Waals surface area contributed by atoms with Gasteiger partial charge in [-0.05, 0) is 25.8 Å². The van der Waals surface area contributed by atoms with Crippen molar-refractivity contribution in [2.45, 2.75) is 26.2 Å². The van der Waals surface area contributed by atoms with Gasteiger partial charge in [-0.1, -0.05) is 48.1 Å². The minimum absolute atomic E-state index is 0.244. The lowest BCUT2D eigenvalue weighted by molar-refractivity contribution is 0.471. The predicted octanol–water partition coefficient (Wildman–Crippen LogP) is 4.35. The molecule has 96 valence electrons. The molecule has 0 amide bonds. The monoisotopic (exact) mass is 250 g/mol. The Balaban J connectivity index is 3.40. The molecule has 0 fully saturated rings. The second-order valence-electron chi connectivity index (χ2n) is 4.82. The molecule has 0 aliphatic carbocycles. The van der Waals surface area contributed by atoms with E-state index in [0.717, 1.165) is 11.1 Å². The number of nitrogens with zero attached hydrogens (tertiary/aromatic N) is 2. The van der Waals surface area contributed by atoms with Crippen LogP contribution in [-0.4, -0.2) is 0 Å². The van der Waals surface area contributed by atoms with E-state index in [2.05, 4.69) is 18.7 Å².